The first-order valence-corrected chi connectivity index (χ1v) is 9.48. The third-order valence-electron chi connectivity index (χ3n) is 5.02. The van der Waals surface area contributed by atoms with Gasteiger partial charge in [-0.25, -0.2) is 13.6 Å². The summed E-state index contributed by atoms with van der Waals surface area (Å²) in [6.45, 7) is -1.06. The van der Waals surface area contributed by atoms with E-state index in [-0.39, 0.29) is 42.4 Å². The first-order chi connectivity index (χ1) is 14.4. The molecule has 1 heterocycles. The predicted molar refractivity (Wildman–Crippen MR) is 97.3 cm³/mol. The number of alkyl halides is 5. The molecule has 4 N–H and O–H groups in total. The number of phenols is 1. The zero-order valence-electron chi connectivity index (χ0n) is 15.9. The van der Waals surface area contributed by atoms with Gasteiger partial charge in [-0.15, -0.1) is 0 Å². The molecule has 1 saturated heterocycles. The maximum Gasteiger partial charge on any atom is 0.490 e. The fourth-order valence-corrected chi connectivity index (χ4v) is 3.58. The van der Waals surface area contributed by atoms with Crippen LogP contribution in [0, 0.1) is 5.92 Å². The fraction of sp³-hybridized carbons (Fsp3) is 0.556. The van der Waals surface area contributed by atoms with Crippen LogP contribution in [0.1, 0.15) is 36.4 Å². The Balaban J connectivity index is 2.02. The highest BCUT2D eigenvalue weighted by Crippen LogP contribution is 2.39. The van der Waals surface area contributed by atoms with E-state index in [4.69, 9.17) is 22.4 Å². The lowest BCUT2D eigenvalue weighted by Crippen LogP contribution is -2.48. The minimum Gasteiger partial charge on any atom is -0.508 e. The average Bonchev–Trinajstić information content (AvgIpc) is 2.71. The number of aliphatic hydroxyl groups excluding tert-OH is 1. The maximum atomic E-state index is 12.9. The van der Waals surface area contributed by atoms with Gasteiger partial charge in [-0.05, 0) is 30.9 Å². The van der Waals surface area contributed by atoms with E-state index in [0.717, 1.165) is 17.0 Å². The number of esters is 1. The molecule has 13 heteroatoms. The van der Waals surface area contributed by atoms with Gasteiger partial charge in [0.05, 0.1) is 11.6 Å². The van der Waals surface area contributed by atoms with E-state index >= 15 is 0 Å². The zero-order chi connectivity index (χ0) is 23.5. The van der Waals surface area contributed by atoms with E-state index in [1.807, 2.05) is 0 Å². The monoisotopic (exact) mass is 474 g/mol. The molecular weight excluding hydrogens is 455 g/mol. The van der Waals surface area contributed by atoms with Crippen molar-refractivity contribution in [1.29, 1.82) is 0 Å². The molecule has 0 aliphatic carbocycles. The van der Waals surface area contributed by atoms with Crippen molar-refractivity contribution < 1.29 is 46.5 Å². The van der Waals surface area contributed by atoms with Crippen molar-refractivity contribution in [2.75, 3.05) is 19.7 Å². The van der Waals surface area contributed by atoms with Gasteiger partial charge in [-0.3, -0.25) is 4.79 Å². The van der Waals surface area contributed by atoms with Crippen molar-refractivity contribution in [3.8, 4) is 5.75 Å². The van der Waals surface area contributed by atoms with Gasteiger partial charge in [-0.2, -0.15) is 13.2 Å². The molecule has 2 rings (SSSR count). The van der Waals surface area contributed by atoms with Crippen LogP contribution >= 0.6 is 11.6 Å². The Labute approximate surface area is 178 Å². The molecule has 0 saturated carbocycles. The molecule has 31 heavy (non-hydrogen) atoms. The molecule has 7 nitrogen and oxygen atoms in total. The predicted octanol–water partition coefficient (Wildman–Crippen LogP) is 2.69. The zero-order valence-corrected chi connectivity index (χ0v) is 16.7. The molecule has 1 aliphatic heterocycles. The molecule has 1 fully saturated rings. The minimum absolute atomic E-state index is 0.0287. The first kappa shape index (κ1) is 25.1. The highest BCUT2D eigenvalue weighted by molar-refractivity contribution is 6.31. The van der Waals surface area contributed by atoms with Gasteiger partial charge in [0, 0.05) is 30.3 Å². The van der Waals surface area contributed by atoms with Gasteiger partial charge < -0.3 is 25.6 Å². The quantitative estimate of drug-likeness (QED) is 0.431. The number of carbonyl (C=O) groups is 2. The summed E-state index contributed by atoms with van der Waals surface area (Å²) in [6, 6.07) is 1.18. The van der Waals surface area contributed by atoms with Crippen LogP contribution in [0.25, 0.3) is 0 Å². The van der Waals surface area contributed by atoms with E-state index < -0.39 is 54.5 Å². The van der Waals surface area contributed by atoms with Gasteiger partial charge in [0.25, 0.3) is 12.3 Å². The van der Waals surface area contributed by atoms with Crippen LogP contribution in [-0.4, -0.2) is 59.0 Å². The van der Waals surface area contributed by atoms with Crippen molar-refractivity contribution in [1.82, 2.24) is 4.90 Å². The highest BCUT2D eigenvalue weighted by Gasteiger charge is 2.44. The number of nitrogens with two attached hydrogens (primary N) is 1. The summed E-state index contributed by atoms with van der Waals surface area (Å²) in [5, 5.41) is 18.9. The number of ether oxygens (including phenoxy) is 1. The number of benzene rings is 1. The second kappa shape index (κ2) is 9.96. The molecule has 0 radical (unpaired) electrons. The molecule has 0 unspecified atom stereocenters. The van der Waals surface area contributed by atoms with Crippen molar-refractivity contribution >= 4 is 23.5 Å². The number of aliphatic hydroxyl groups is 1. The third kappa shape index (κ3) is 5.95. The summed E-state index contributed by atoms with van der Waals surface area (Å²) in [6.07, 6.45) is -9.68. The standard InChI is InChI=1S/C18H20ClF5N2O5/c19-11-5-10(12(28)6-9(11)15(20)21)14(25)8-1-3-26(4-2-8)16(29)13(7-27)31-17(30)18(22,23)24/h5-6,8,13-15,27-28H,1-4,7,25H2/t13-,14-/m1/s1. The van der Waals surface area contributed by atoms with E-state index in [0.29, 0.717) is 0 Å². The number of rotatable bonds is 6. The molecule has 0 bridgehead atoms. The van der Waals surface area contributed by atoms with Gasteiger partial charge in [0.1, 0.15) is 5.75 Å². The number of aromatic hydroxyl groups is 1. The van der Waals surface area contributed by atoms with Gasteiger partial charge in [0.2, 0.25) is 6.10 Å². The minimum atomic E-state index is -5.31. The van der Waals surface area contributed by atoms with Crippen LogP contribution in [0.5, 0.6) is 5.75 Å². The number of amides is 1. The number of nitrogens with zero attached hydrogens (tertiary/aromatic N) is 1. The van der Waals surface area contributed by atoms with E-state index in [2.05, 4.69) is 4.74 Å². The van der Waals surface area contributed by atoms with Crippen LogP contribution in [0.15, 0.2) is 12.1 Å². The molecule has 1 aromatic rings. The van der Waals surface area contributed by atoms with E-state index in [9.17, 15) is 36.6 Å². The lowest BCUT2D eigenvalue weighted by molar-refractivity contribution is -0.208. The lowest BCUT2D eigenvalue weighted by atomic mass is 9.85. The molecule has 0 spiro atoms. The Morgan fingerprint density at radius 3 is 2.29 bits per heavy atom. The van der Waals surface area contributed by atoms with Gasteiger partial charge in [0.15, 0.2) is 0 Å². The smallest absolute Gasteiger partial charge is 0.490 e. The number of hydrogen-bond acceptors (Lipinski definition) is 6. The Hall–Kier alpha value is -2.18. The van der Waals surface area contributed by atoms with Crippen LogP contribution in [0.4, 0.5) is 22.0 Å². The second-order valence-electron chi connectivity index (χ2n) is 7.00. The third-order valence-corrected chi connectivity index (χ3v) is 5.35. The van der Waals surface area contributed by atoms with Gasteiger partial charge in [-0.1, -0.05) is 11.6 Å². The maximum absolute atomic E-state index is 12.9. The van der Waals surface area contributed by atoms with Crippen molar-refractivity contribution in [2.24, 2.45) is 11.7 Å². The number of piperidine rings is 1. The largest absolute Gasteiger partial charge is 0.508 e. The highest BCUT2D eigenvalue weighted by atomic mass is 35.5. The average molecular weight is 475 g/mol. The molecule has 0 aromatic heterocycles. The summed E-state index contributed by atoms with van der Waals surface area (Å²) in [5.41, 5.74) is 5.75. The summed E-state index contributed by atoms with van der Waals surface area (Å²) in [4.78, 5) is 24.3. The van der Waals surface area contributed by atoms with Crippen molar-refractivity contribution in [3.63, 3.8) is 0 Å². The molecule has 1 aromatic carbocycles. The Bertz CT molecular complexity index is 815. The van der Waals surface area contributed by atoms with Gasteiger partial charge >= 0.3 is 12.1 Å². The Morgan fingerprint density at radius 1 is 1.23 bits per heavy atom. The molecule has 2 atom stereocenters. The first-order valence-electron chi connectivity index (χ1n) is 9.10. The molecular formula is C18H20ClF5N2O5. The van der Waals surface area contributed by atoms with Crippen LogP contribution < -0.4 is 5.73 Å². The second-order valence-corrected chi connectivity index (χ2v) is 7.40. The summed E-state index contributed by atoms with van der Waals surface area (Å²) < 4.78 is 66.7. The topological polar surface area (TPSA) is 113 Å². The van der Waals surface area contributed by atoms with Crippen LogP contribution in [0.3, 0.4) is 0 Å². The molecule has 174 valence electrons. The number of likely N-dealkylation sites (tertiary alicyclic amines) is 1. The van der Waals surface area contributed by atoms with Crippen LogP contribution in [0.2, 0.25) is 5.02 Å². The van der Waals surface area contributed by atoms with E-state index in [1.54, 1.807) is 0 Å². The SMILES string of the molecule is N[C@@H](c1cc(Cl)c(C(F)F)cc1O)C1CCN(C(=O)[C@@H](CO)OC(=O)C(F)(F)F)CC1. The summed E-state index contributed by atoms with van der Waals surface area (Å²) in [7, 11) is 0. The van der Waals surface area contributed by atoms with E-state index in [1.165, 1.54) is 0 Å². The summed E-state index contributed by atoms with van der Waals surface area (Å²) in [5.74, 6) is -4.34. The molecule has 1 amide bonds. The summed E-state index contributed by atoms with van der Waals surface area (Å²) >= 11 is 5.82. The van der Waals surface area contributed by atoms with Crippen molar-refractivity contribution in [2.45, 2.75) is 37.6 Å². The number of halogens is 6. The Morgan fingerprint density at radius 2 is 1.81 bits per heavy atom. The van der Waals surface area contributed by atoms with Crippen molar-refractivity contribution in [3.05, 3.63) is 28.3 Å². The fourth-order valence-electron chi connectivity index (χ4n) is 3.33. The lowest BCUT2D eigenvalue weighted by Gasteiger charge is -2.36. The normalized spacial score (nSPS) is 17.5. The molecule has 1 aliphatic rings. The number of carbonyl (C=O) groups excluding carboxylic acids is 2. The number of hydrogen-bond donors (Lipinski definition) is 3. The van der Waals surface area contributed by atoms with Crippen LogP contribution in [-0.2, 0) is 14.3 Å². The number of phenolic OH excluding ortho intramolecular Hbond substituents is 1. The Kier molecular flexibility index (Phi) is 8.06.